The van der Waals surface area contributed by atoms with Gasteiger partial charge in [-0.3, -0.25) is 4.79 Å². The molecule has 1 aromatic rings. The Morgan fingerprint density at radius 3 is 2.25 bits per heavy atom. The highest BCUT2D eigenvalue weighted by Crippen LogP contribution is 2.25. The molecule has 0 aliphatic rings. The van der Waals surface area contributed by atoms with E-state index < -0.39 is 11.9 Å². The summed E-state index contributed by atoms with van der Waals surface area (Å²) in [4.78, 5) is 22.6. The number of esters is 1. The predicted octanol–water partition coefficient (Wildman–Crippen LogP) is 1.90. The van der Waals surface area contributed by atoms with Crippen LogP contribution in [0.4, 0.5) is 0 Å². The zero-order chi connectivity index (χ0) is 15.3. The number of nitrogens with two attached hydrogens (primary N) is 1. The van der Waals surface area contributed by atoms with E-state index in [1.165, 1.54) is 0 Å². The van der Waals surface area contributed by atoms with E-state index in [1.807, 2.05) is 13.8 Å². The first-order valence-corrected chi connectivity index (χ1v) is 6.25. The fraction of sp³-hybridized carbons (Fsp3) is 0.333. The highest BCUT2D eigenvalue weighted by Gasteiger charge is 2.12. The van der Waals surface area contributed by atoms with E-state index >= 15 is 0 Å². The summed E-state index contributed by atoms with van der Waals surface area (Å²) in [5.74, 6) is -0.351. The Hall–Kier alpha value is -2.30. The Balaban J connectivity index is 2.81. The van der Waals surface area contributed by atoms with Crippen LogP contribution in [0.25, 0.3) is 0 Å². The van der Waals surface area contributed by atoms with E-state index in [0.717, 1.165) is 11.1 Å². The summed E-state index contributed by atoms with van der Waals surface area (Å²) in [5.41, 5.74) is 7.46. The van der Waals surface area contributed by atoms with Crippen molar-refractivity contribution < 1.29 is 19.1 Å². The van der Waals surface area contributed by atoms with Gasteiger partial charge in [-0.1, -0.05) is 6.58 Å². The molecule has 5 heteroatoms. The quantitative estimate of drug-likeness (QED) is 0.636. The van der Waals surface area contributed by atoms with E-state index in [2.05, 4.69) is 6.58 Å². The smallest absolute Gasteiger partial charge is 0.336 e. The van der Waals surface area contributed by atoms with E-state index in [4.69, 9.17) is 15.2 Å². The second-order valence-electron chi connectivity index (χ2n) is 4.42. The number of aryl methyl sites for hydroxylation is 2. The summed E-state index contributed by atoms with van der Waals surface area (Å²) in [6.45, 7) is 9.29. The Morgan fingerprint density at radius 2 is 1.80 bits per heavy atom. The maximum absolute atomic E-state index is 11.4. The molecule has 0 aliphatic carbocycles. The van der Waals surface area contributed by atoms with Gasteiger partial charge in [-0.15, -0.1) is 0 Å². The molecule has 1 amide bonds. The molecular weight excluding hydrogens is 258 g/mol. The fourth-order valence-corrected chi connectivity index (χ4v) is 1.77. The Morgan fingerprint density at radius 1 is 1.25 bits per heavy atom. The average molecular weight is 277 g/mol. The molecule has 108 valence electrons. The van der Waals surface area contributed by atoms with Crippen molar-refractivity contribution in [3.63, 3.8) is 0 Å². The van der Waals surface area contributed by atoms with Crippen molar-refractivity contribution in [2.24, 2.45) is 5.73 Å². The van der Waals surface area contributed by atoms with Crippen molar-refractivity contribution in [2.45, 2.75) is 20.8 Å². The van der Waals surface area contributed by atoms with Gasteiger partial charge in [0.2, 0.25) is 5.91 Å². The molecule has 0 bridgehead atoms. The molecule has 0 radical (unpaired) electrons. The molecule has 1 aromatic carbocycles. The molecular formula is C15H19NO4. The second kappa shape index (κ2) is 6.75. The first-order chi connectivity index (χ1) is 9.36. The third kappa shape index (κ3) is 3.85. The molecule has 0 unspecified atom stereocenters. The third-order valence-corrected chi connectivity index (χ3v) is 2.70. The molecule has 1 rings (SSSR count). The molecule has 2 N–H and O–H groups in total. The summed E-state index contributed by atoms with van der Waals surface area (Å²) in [6, 6.07) is 3.30. The van der Waals surface area contributed by atoms with Gasteiger partial charge in [0.25, 0.3) is 0 Å². The van der Waals surface area contributed by atoms with Crippen LogP contribution in [0.1, 0.15) is 28.4 Å². The lowest BCUT2D eigenvalue weighted by Gasteiger charge is -2.14. The van der Waals surface area contributed by atoms with Crippen molar-refractivity contribution in [3.8, 4) is 5.75 Å². The van der Waals surface area contributed by atoms with Crippen LogP contribution < -0.4 is 10.5 Å². The van der Waals surface area contributed by atoms with E-state index in [1.54, 1.807) is 19.1 Å². The standard InChI is InChI=1S/C15H19NO4/c1-5-19-15(18)11(4)8-20-13-9(2)6-12(14(16)17)7-10(13)3/h6-7H,4-5,8H2,1-3H3,(H2,16,17). The Labute approximate surface area is 118 Å². The predicted molar refractivity (Wildman–Crippen MR) is 75.7 cm³/mol. The van der Waals surface area contributed by atoms with Crippen molar-refractivity contribution in [1.82, 2.24) is 0 Å². The number of primary amides is 1. The summed E-state index contributed by atoms with van der Waals surface area (Å²) < 4.78 is 10.4. The van der Waals surface area contributed by atoms with Crippen molar-refractivity contribution in [2.75, 3.05) is 13.2 Å². The maximum atomic E-state index is 11.4. The summed E-state index contributed by atoms with van der Waals surface area (Å²) in [7, 11) is 0. The number of carbonyl (C=O) groups excluding carboxylic acids is 2. The summed E-state index contributed by atoms with van der Waals surface area (Å²) in [6.07, 6.45) is 0. The lowest BCUT2D eigenvalue weighted by atomic mass is 10.1. The zero-order valence-corrected chi connectivity index (χ0v) is 12.0. The highest BCUT2D eigenvalue weighted by molar-refractivity contribution is 5.93. The molecule has 0 saturated carbocycles. The van der Waals surface area contributed by atoms with Gasteiger partial charge in [-0.25, -0.2) is 4.79 Å². The molecule has 0 spiro atoms. The minimum atomic E-state index is -0.487. The lowest BCUT2D eigenvalue weighted by Crippen LogP contribution is -2.15. The summed E-state index contributed by atoms with van der Waals surface area (Å²) >= 11 is 0. The molecule has 0 aliphatic heterocycles. The molecule has 20 heavy (non-hydrogen) atoms. The molecule has 0 heterocycles. The van der Waals surface area contributed by atoms with E-state index in [9.17, 15) is 9.59 Å². The number of carbonyl (C=O) groups is 2. The van der Waals surface area contributed by atoms with E-state index in [-0.39, 0.29) is 12.2 Å². The van der Waals surface area contributed by atoms with Gasteiger partial charge in [-0.05, 0) is 44.0 Å². The van der Waals surface area contributed by atoms with Gasteiger partial charge in [0.1, 0.15) is 12.4 Å². The van der Waals surface area contributed by atoms with Gasteiger partial charge < -0.3 is 15.2 Å². The van der Waals surface area contributed by atoms with Crippen LogP contribution in [-0.2, 0) is 9.53 Å². The van der Waals surface area contributed by atoms with Crippen LogP contribution in [0.5, 0.6) is 5.75 Å². The van der Waals surface area contributed by atoms with E-state index in [0.29, 0.717) is 17.9 Å². The molecule has 0 atom stereocenters. The van der Waals surface area contributed by atoms with Gasteiger partial charge in [0.15, 0.2) is 0 Å². The normalized spacial score (nSPS) is 9.95. The maximum Gasteiger partial charge on any atom is 0.336 e. The number of hydrogen-bond donors (Lipinski definition) is 1. The number of hydrogen-bond acceptors (Lipinski definition) is 4. The van der Waals surface area contributed by atoms with Crippen LogP contribution in [0, 0.1) is 13.8 Å². The van der Waals surface area contributed by atoms with Gasteiger partial charge >= 0.3 is 5.97 Å². The first-order valence-electron chi connectivity index (χ1n) is 6.25. The third-order valence-electron chi connectivity index (χ3n) is 2.70. The van der Waals surface area contributed by atoms with Crippen LogP contribution in [0.2, 0.25) is 0 Å². The Kier molecular flexibility index (Phi) is 5.32. The monoisotopic (exact) mass is 277 g/mol. The molecule has 0 fully saturated rings. The van der Waals surface area contributed by atoms with Crippen LogP contribution >= 0.6 is 0 Å². The number of benzene rings is 1. The van der Waals surface area contributed by atoms with Crippen molar-refractivity contribution >= 4 is 11.9 Å². The number of amides is 1. The summed E-state index contributed by atoms with van der Waals surface area (Å²) in [5, 5.41) is 0. The largest absolute Gasteiger partial charge is 0.488 e. The van der Waals surface area contributed by atoms with Crippen LogP contribution in [0.3, 0.4) is 0 Å². The second-order valence-corrected chi connectivity index (χ2v) is 4.42. The minimum absolute atomic E-state index is 0.0381. The fourth-order valence-electron chi connectivity index (χ4n) is 1.77. The number of ether oxygens (including phenoxy) is 2. The van der Waals surface area contributed by atoms with Gasteiger partial charge in [-0.2, -0.15) is 0 Å². The van der Waals surface area contributed by atoms with Crippen molar-refractivity contribution in [3.05, 3.63) is 41.0 Å². The molecule has 5 nitrogen and oxygen atoms in total. The van der Waals surface area contributed by atoms with Gasteiger partial charge in [0, 0.05) is 5.56 Å². The highest BCUT2D eigenvalue weighted by atomic mass is 16.5. The minimum Gasteiger partial charge on any atom is -0.488 e. The SMILES string of the molecule is C=C(COc1c(C)cc(C(N)=O)cc1C)C(=O)OCC. The topological polar surface area (TPSA) is 78.6 Å². The van der Waals surface area contributed by atoms with Crippen LogP contribution in [0.15, 0.2) is 24.3 Å². The van der Waals surface area contributed by atoms with Crippen LogP contribution in [-0.4, -0.2) is 25.1 Å². The zero-order valence-electron chi connectivity index (χ0n) is 12.0. The molecule has 0 saturated heterocycles. The average Bonchev–Trinajstić information content (AvgIpc) is 2.37. The van der Waals surface area contributed by atoms with Gasteiger partial charge in [0.05, 0.1) is 12.2 Å². The number of rotatable bonds is 6. The first kappa shape index (κ1) is 15.8. The molecule has 0 aromatic heterocycles. The Bertz CT molecular complexity index is 526. The lowest BCUT2D eigenvalue weighted by molar-refractivity contribution is -0.138. The van der Waals surface area contributed by atoms with Crippen molar-refractivity contribution in [1.29, 1.82) is 0 Å².